The molecule has 0 radical (unpaired) electrons. The average Bonchev–Trinajstić information content (AvgIpc) is 2.79. The van der Waals surface area contributed by atoms with Crippen molar-refractivity contribution < 1.29 is 8.42 Å². The molecule has 3 N–H and O–H groups in total. The van der Waals surface area contributed by atoms with Crippen molar-refractivity contribution >= 4 is 32.2 Å². The number of hydrogen-bond acceptors (Lipinski definition) is 6. The molecule has 1 aromatic heterocycles. The third kappa shape index (κ3) is 3.21. The molecule has 0 spiro atoms. The van der Waals surface area contributed by atoms with Crippen molar-refractivity contribution in [3.8, 4) is 0 Å². The van der Waals surface area contributed by atoms with E-state index in [2.05, 4.69) is 14.9 Å². The number of benzene rings is 1. The Morgan fingerprint density at radius 3 is 2.68 bits per heavy atom. The summed E-state index contributed by atoms with van der Waals surface area (Å²) in [6.07, 6.45) is 1.74. The van der Waals surface area contributed by atoms with Gasteiger partial charge in [-0.25, -0.2) is 0 Å². The van der Waals surface area contributed by atoms with Crippen molar-refractivity contribution in [1.29, 1.82) is 0 Å². The highest BCUT2D eigenvalue weighted by molar-refractivity contribution is 7.94. The lowest BCUT2D eigenvalue weighted by Gasteiger charge is -2.10. The molecule has 1 aromatic carbocycles. The van der Waals surface area contributed by atoms with E-state index in [0.29, 0.717) is 5.69 Å². The third-order valence-electron chi connectivity index (χ3n) is 2.43. The molecule has 0 saturated heterocycles. The van der Waals surface area contributed by atoms with Crippen LogP contribution in [0.1, 0.15) is 18.9 Å². The zero-order valence-electron chi connectivity index (χ0n) is 10.3. The van der Waals surface area contributed by atoms with Crippen LogP contribution in [0.4, 0.5) is 10.8 Å². The number of para-hydroxylation sites is 1. The zero-order chi connectivity index (χ0) is 13.9. The normalized spacial score (nSPS) is 11.4. The van der Waals surface area contributed by atoms with Crippen molar-refractivity contribution in [2.75, 3.05) is 10.5 Å². The molecule has 102 valence electrons. The molecule has 0 bridgehead atoms. The minimum Gasteiger partial charge on any atom is -0.374 e. The fourth-order valence-electron chi connectivity index (χ4n) is 1.62. The molecule has 19 heavy (non-hydrogen) atoms. The topological polar surface area (TPSA) is 98.0 Å². The summed E-state index contributed by atoms with van der Waals surface area (Å²) in [6.45, 7) is 2.04. The summed E-state index contributed by atoms with van der Waals surface area (Å²) in [5.74, 6) is 0. The molecule has 8 heteroatoms. The van der Waals surface area contributed by atoms with Crippen LogP contribution in [0.2, 0.25) is 0 Å². The molecule has 0 atom stereocenters. The average molecular weight is 298 g/mol. The Morgan fingerprint density at radius 1 is 1.32 bits per heavy atom. The molecule has 0 aliphatic rings. The minimum atomic E-state index is -3.72. The van der Waals surface area contributed by atoms with E-state index in [1.165, 1.54) is 0 Å². The Labute approximate surface area is 115 Å². The van der Waals surface area contributed by atoms with Crippen molar-refractivity contribution in [3.05, 3.63) is 29.8 Å². The summed E-state index contributed by atoms with van der Waals surface area (Å²) in [5.41, 5.74) is 6.92. The van der Waals surface area contributed by atoms with Gasteiger partial charge in [0.1, 0.15) is 0 Å². The van der Waals surface area contributed by atoms with Gasteiger partial charge in [0.25, 0.3) is 14.4 Å². The number of anilines is 2. The predicted molar refractivity (Wildman–Crippen MR) is 75.6 cm³/mol. The summed E-state index contributed by atoms with van der Waals surface area (Å²) in [7, 11) is -3.72. The molecule has 0 aliphatic heterocycles. The largest absolute Gasteiger partial charge is 0.374 e. The van der Waals surface area contributed by atoms with E-state index in [0.717, 1.165) is 29.7 Å². The Hall–Kier alpha value is -1.67. The van der Waals surface area contributed by atoms with E-state index in [-0.39, 0.29) is 9.47 Å². The first-order valence-electron chi connectivity index (χ1n) is 5.72. The summed E-state index contributed by atoms with van der Waals surface area (Å²) >= 11 is 0.838. The maximum absolute atomic E-state index is 12.1. The summed E-state index contributed by atoms with van der Waals surface area (Å²) in [5, 5.41) is 7.19. The van der Waals surface area contributed by atoms with Gasteiger partial charge >= 0.3 is 0 Å². The highest BCUT2D eigenvalue weighted by Gasteiger charge is 2.20. The number of nitrogens with one attached hydrogen (secondary N) is 1. The number of aryl methyl sites for hydroxylation is 1. The van der Waals surface area contributed by atoms with Crippen LogP contribution >= 0.6 is 11.3 Å². The van der Waals surface area contributed by atoms with Gasteiger partial charge in [-0.1, -0.05) is 42.9 Å². The SMILES string of the molecule is CCCc1ccccc1NS(=O)(=O)c1nnc(N)s1. The van der Waals surface area contributed by atoms with E-state index in [4.69, 9.17) is 5.73 Å². The first-order valence-corrected chi connectivity index (χ1v) is 8.02. The second-order valence-corrected chi connectivity index (χ2v) is 6.78. The van der Waals surface area contributed by atoms with Crippen molar-refractivity contribution in [2.24, 2.45) is 0 Å². The maximum atomic E-state index is 12.1. The molecule has 0 unspecified atom stereocenters. The van der Waals surface area contributed by atoms with Crippen LogP contribution in [-0.4, -0.2) is 18.6 Å². The van der Waals surface area contributed by atoms with Gasteiger partial charge in [0, 0.05) is 0 Å². The molecular formula is C11H14N4O2S2. The number of nitrogens with zero attached hydrogens (tertiary/aromatic N) is 2. The van der Waals surface area contributed by atoms with Crippen LogP contribution in [0.25, 0.3) is 0 Å². The zero-order valence-corrected chi connectivity index (χ0v) is 12.0. The second kappa shape index (κ2) is 5.54. The van der Waals surface area contributed by atoms with Crippen LogP contribution < -0.4 is 10.5 Å². The first kappa shape index (κ1) is 13.8. The minimum absolute atomic E-state index is 0.127. The van der Waals surface area contributed by atoms with Crippen molar-refractivity contribution in [3.63, 3.8) is 0 Å². The van der Waals surface area contributed by atoms with Gasteiger partial charge in [0.05, 0.1) is 5.69 Å². The van der Waals surface area contributed by atoms with Crippen molar-refractivity contribution in [1.82, 2.24) is 10.2 Å². The molecule has 0 aliphatic carbocycles. The molecule has 2 aromatic rings. The Morgan fingerprint density at radius 2 is 2.05 bits per heavy atom. The predicted octanol–water partition coefficient (Wildman–Crippen LogP) is 1.87. The fraction of sp³-hybridized carbons (Fsp3) is 0.273. The summed E-state index contributed by atoms with van der Waals surface area (Å²) < 4.78 is 26.6. The maximum Gasteiger partial charge on any atom is 0.291 e. The molecule has 2 rings (SSSR count). The van der Waals surface area contributed by atoms with Gasteiger partial charge in [-0.2, -0.15) is 8.42 Å². The monoisotopic (exact) mass is 298 g/mol. The van der Waals surface area contributed by atoms with Gasteiger partial charge in [-0.3, -0.25) is 4.72 Å². The van der Waals surface area contributed by atoms with Crippen LogP contribution in [0.5, 0.6) is 0 Å². The molecular weight excluding hydrogens is 284 g/mol. The highest BCUT2D eigenvalue weighted by Crippen LogP contribution is 2.23. The lowest BCUT2D eigenvalue weighted by molar-refractivity contribution is 0.599. The van der Waals surface area contributed by atoms with Crippen LogP contribution in [0.3, 0.4) is 0 Å². The summed E-state index contributed by atoms with van der Waals surface area (Å²) in [4.78, 5) is 0. The smallest absolute Gasteiger partial charge is 0.291 e. The standard InChI is InChI=1S/C11H14N4O2S2/c1-2-5-8-6-3-4-7-9(8)15-19(16,17)11-14-13-10(12)18-11/h3-4,6-7,15H,2,5H2,1H3,(H2,12,13). The number of nitrogen functional groups attached to an aromatic ring is 1. The Balaban J connectivity index is 2.30. The van der Waals surface area contributed by atoms with E-state index >= 15 is 0 Å². The number of sulfonamides is 1. The fourth-order valence-corrected chi connectivity index (χ4v) is 3.51. The van der Waals surface area contributed by atoms with Crippen LogP contribution in [-0.2, 0) is 16.4 Å². The van der Waals surface area contributed by atoms with E-state index < -0.39 is 10.0 Å². The molecule has 0 saturated carbocycles. The molecule has 6 nitrogen and oxygen atoms in total. The van der Waals surface area contributed by atoms with Crippen LogP contribution in [0.15, 0.2) is 28.6 Å². The van der Waals surface area contributed by atoms with Gasteiger partial charge in [-0.05, 0) is 18.1 Å². The molecule has 0 amide bonds. The molecule has 1 heterocycles. The second-order valence-electron chi connectivity index (χ2n) is 3.92. The lowest BCUT2D eigenvalue weighted by atomic mass is 10.1. The van der Waals surface area contributed by atoms with Crippen molar-refractivity contribution in [2.45, 2.75) is 24.1 Å². The van der Waals surface area contributed by atoms with E-state index in [9.17, 15) is 8.42 Å². The summed E-state index contributed by atoms with van der Waals surface area (Å²) in [6, 6.07) is 7.29. The number of aromatic nitrogens is 2. The van der Waals surface area contributed by atoms with Gasteiger partial charge in [-0.15, -0.1) is 10.2 Å². The van der Waals surface area contributed by atoms with Gasteiger partial charge < -0.3 is 5.73 Å². The number of hydrogen-bond donors (Lipinski definition) is 2. The van der Waals surface area contributed by atoms with Gasteiger partial charge in [0.15, 0.2) is 0 Å². The third-order valence-corrected chi connectivity index (χ3v) is 4.92. The lowest BCUT2D eigenvalue weighted by Crippen LogP contribution is -2.14. The highest BCUT2D eigenvalue weighted by atomic mass is 32.2. The van der Waals surface area contributed by atoms with E-state index in [1.54, 1.807) is 12.1 Å². The Bertz CT molecular complexity index is 667. The number of rotatable bonds is 5. The molecule has 0 fully saturated rings. The van der Waals surface area contributed by atoms with Gasteiger partial charge in [0.2, 0.25) is 5.13 Å². The Kier molecular flexibility index (Phi) is 4.01. The first-order chi connectivity index (χ1) is 9.03. The number of nitrogens with two attached hydrogens (primary N) is 1. The van der Waals surface area contributed by atoms with E-state index in [1.807, 2.05) is 19.1 Å². The quantitative estimate of drug-likeness (QED) is 0.878. The van der Waals surface area contributed by atoms with Crippen LogP contribution in [0, 0.1) is 0 Å².